The lowest BCUT2D eigenvalue weighted by atomic mass is 9.88. The average Bonchev–Trinajstić information content (AvgIpc) is 2.74. The van der Waals surface area contributed by atoms with E-state index in [2.05, 4.69) is 15.9 Å². The molecule has 8 heteroatoms. The Hall–Kier alpha value is -2.03. The van der Waals surface area contributed by atoms with E-state index in [1.165, 1.54) is 19.2 Å². The lowest BCUT2D eigenvalue weighted by Gasteiger charge is -2.32. The zero-order valence-electron chi connectivity index (χ0n) is 17.0. The van der Waals surface area contributed by atoms with Crippen molar-refractivity contribution in [1.29, 1.82) is 0 Å². The van der Waals surface area contributed by atoms with Crippen LogP contribution in [0.25, 0.3) is 0 Å². The Bertz CT molecular complexity index is 1010. The van der Waals surface area contributed by atoms with Gasteiger partial charge in [0, 0.05) is 36.1 Å². The SMILES string of the molecule is Cc1ccc(C(=O)C2CCN(C(=O)CN(C)S(=O)(=O)c3ccc(Br)cc3)CC2)cc1. The van der Waals surface area contributed by atoms with Crippen molar-refractivity contribution in [1.82, 2.24) is 9.21 Å². The van der Waals surface area contributed by atoms with E-state index < -0.39 is 10.0 Å². The number of ketones is 1. The first-order valence-corrected chi connectivity index (χ1v) is 12.0. The molecule has 2 aromatic rings. The maximum Gasteiger partial charge on any atom is 0.243 e. The van der Waals surface area contributed by atoms with Crippen LogP contribution in [0, 0.1) is 12.8 Å². The molecule has 1 fully saturated rings. The van der Waals surface area contributed by atoms with Gasteiger partial charge >= 0.3 is 0 Å². The first kappa shape index (κ1) is 22.7. The molecule has 30 heavy (non-hydrogen) atoms. The van der Waals surface area contributed by atoms with Gasteiger partial charge in [0.15, 0.2) is 5.78 Å². The van der Waals surface area contributed by atoms with Gasteiger partial charge in [0.1, 0.15) is 0 Å². The van der Waals surface area contributed by atoms with Crippen molar-refractivity contribution in [3.05, 3.63) is 64.1 Å². The molecule has 0 N–H and O–H groups in total. The quantitative estimate of drug-likeness (QED) is 0.578. The summed E-state index contributed by atoms with van der Waals surface area (Å²) in [7, 11) is -2.34. The van der Waals surface area contributed by atoms with Crippen LogP contribution in [0.4, 0.5) is 0 Å². The second-order valence-electron chi connectivity index (χ2n) is 7.60. The Morgan fingerprint density at radius 2 is 1.60 bits per heavy atom. The molecule has 1 amide bonds. The van der Waals surface area contributed by atoms with Crippen molar-refractivity contribution >= 4 is 37.6 Å². The van der Waals surface area contributed by atoms with E-state index in [-0.39, 0.29) is 29.0 Å². The molecule has 0 aromatic heterocycles. The first-order valence-electron chi connectivity index (χ1n) is 9.79. The molecule has 2 aromatic carbocycles. The Balaban J connectivity index is 1.56. The van der Waals surface area contributed by atoms with Gasteiger partial charge in [-0.2, -0.15) is 4.31 Å². The van der Waals surface area contributed by atoms with Crippen molar-refractivity contribution < 1.29 is 18.0 Å². The summed E-state index contributed by atoms with van der Waals surface area (Å²) in [6, 6.07) is 13.8. The highest BCUT2D eigenvalue weighted by Gasteiger charge is 2.30. The van der Waals surface area contributed by atoms with Gasteiger partial charge in [-0.1, -0.05) is 45.8 Å². The van der Waals surface area contributed by atoms with E-state index in [0.29, 0.717) is 31.5 Å². The number of likely N-dealkylation sites (tertiary alicyclic amines) is 1. The number of benzene rings is 2. The molecule has 1 aliphatic rings. The number of carbonyl (C=O) groups is 2. The number of piperidine rings is 1. The third-order valence-corrected chi connectivity index (χ3v) is 7.78. The number of Topliss-reactive ketones (excluding diaryl/α,β-unsaturated/α-hetero) is 1. The van der Waals surface area contributed by atoms with Gasteiger partial charge in [-0.15, -0.1) is 0 Å². The third kappa shape index (κ3) is 5.17. The summed E-state index contributed by atoms with van der Waals surface area (Å²) < 4.78 is 27.2. The monoisotopic (exact) mass is 492 g/mol. The molecular weight excluding hydrogens is 468 g/mol. The van der Waals surface area contributed by atoms with Crippen LogP contribution < -0.4 is 0 Å². The summed E-state index contributed by atoms with van der Waals surface area (Å²) in [4.78, 5) is 27.1. The zero-order valence-corrected chi connectivity index (χ0v) is 19.4. The summed E-state index contributed by atoms with van der Waals surface area (Å²) in [5, 5.41) is 0. The first-order chi connectivity index (χ1) is 14.2. The van der Waals surface area contributed by atoms with Crippen molar-refractivity contribution in [2.45, 2.75) is 24.7 Å². The summed E-state index contributed by atoms with van der Waals surface area (Å²) >= 11 is 3.28. The minimum Gasteiger partial charge on any atom is -0.342 e. The molecule has 0 spiro atoms. The van der Waals surface area contributed by atoms with E-state index in [1.807, 2.05) is 31.2 Å². The maximum atomic E-state index is 12.7. The number of nitrogens with zero attached hydrogens (tertiary/aromatic N) is 2. The number of hydrogen-bond donors (Lipinski definition) is 0. The van der Waals surface area contributed by atoms with Crippen molar-refractivity contribution in [2.75, 3.05) is 26.7 Å². The van der Waals surface area contributed by atoms with E-state index in [1.54, 1.807) is 17.0 Å². The normalized spacial score (nSPS) is 15.4. The van der Waals surface area contributed by atoms with E-state index in [0.717, 1.165) is 14.3 Å². The number of sulfonamides is 1. The summed E-state index contributed by atoms with van der Waals surface area (Å²) in [6.45, 7) is 2.65. The van der Waals surface area contributed by atoms with E-state index in [4.69, 9.17) is 0 Å². The number of likely N-dealkylation sites (N-methyl/N-ethyl adjacent to an activating group) is 1. The van der Waals surface area contributed by atoms with Gasteiger partial charge in [0.2, 0.25) is 15.9 Å². The number of hydrogen-bond acceptors (Lipinski definition) is 4. The van der Waals surface area contributed by atoms with Crippen molar-refractivity contribution in [3.8, 4) is 0 Å². The van der Waals surface area contributed by atoms with Gasteiger partial charge in [-0.25, -0.2) is 8.42 Å². The molecule has 0 saturated carbocycles. The minimum absolute atomic E-state index is 0.108. The highest BCUT2D eigenvalue weighted by Crippen LogP contribution is 2.23. The molecule has 0 atom stereocenters. The molecular formula is C22H25BrN2O4S. The maximum absolute atomic E-state index is 12.7. The van der Waals surface area contributed by atoms with E-state index >= 15 is 0 Å². The fourth-order valence-electron chi connectivity index (χ4n) is 3.51. The summed E-state index contributed by atoms with van der Waals surface area (Å²) in [5.41, 5.74) is 1.81. The fraction of sp³-hybridized carbons (Fsp3) is 0.364. The molecule has 0 radical (unpaired) electrons. The van der Waals surface area contributed by atoms with Gasteiger partial charge in [-0.05, 0) is 44.0 Å². The number of carbonyl (C=O) groups excluding carboxylic acids is 2. The smallest absolute Gasteiger partial charge is 0.243 e. The molecule has 1 heterocycles. The third-order valence-electron chi connectivity index (χ3n) is 5.43. The lowest BCUT2D eigenvalue weighted by molar-refractivity contribution is -0.132. The van der Waals surface area contributed by atoms with Crippen LogP contribution in [0.5, 0.6) is 0 Å². The molecule has 3 rings (SSSR count). The molecule has 0 unspecified atom stereocenters. The van der Waals surface area contributed by atoms with Gasteiger partial charge in [0.05, 0.1) is 11.4 Å². The van der Waals surface area contributed by atoms with Crippen LogP contribution >= 0.6 is 15.9 Å². The van der Waals surface area contributed by atoms with Crippen molar-refractivity contribution in [2.24, 2.45) is 5.92 Å². The molecule has 0 aliphatic carbocycles. The molecule has 160 valence electrons. The fourth-order valence-corrected chi connectivity index (χ4v) is 4.89. The van der Waals surface area contributed by atoms with Gasteiger partial charge in [-0.3, -0.25) is 9.59 Å². The topological polar surface area (TPSA) is 74.8 Å². The van der Waals surface area contributed by atoms with Crippen molar-refractivity contribution in [3.63, 3.8) is 0 Å². The second-order valence-corrected chi connectivity index (χ2v) is 10.6. The predicted molar refractivity (Wildman–Crippen MR) is 119 cm³/mol. The largest absolute Gasteiger partial charge is 0.342 e. The number of halogens is 1. The van der Waals surface area contributed by atoms with Crippen LogP contribution in [0.1, 0.15) is 28.8 Å². The molecule has 1 saturated heterocycles. The highest BCUT2D eigenvalue weighted by molar-refractivity contribution is 9.10. The Labute approximate surface area is 186 Å². The second kappa shape index (κ2) is 9.41. The highest BCUT2D eigenvalue weighted by atomic mass is 79.9. The van der Waals surface area contributed by atoms with Gasteiger partial charge < -0.3 is 4.90 Å². The summed E-state index contributed by atoms with van der Waals surface area (Å²) in [6.07, 6.45) is 1.17. The molecule has 1 aliphatic heterocycles. The standard InChI is InChI=1S/C22H25BrN2O4S/c1-16-3-5-17(6-4-16)22(27)18-11-13-25(14-12-18)21(26)15-24(2)30(28,29)20-9-7-19(23)8-10-20/h3-10,18H,11-15H2,1-2H3. The van der Waals surface area contributed by atoms with Crippen LogP contribution in [-0.2, 0) is 14.8 Å². The zero-order chi connectivity index (χ0) is 21.9. The Morgan fingerprint density at radius 1 is 1.03 bits per heavy atom. The average molecular weight is 493 g/mol. The summed E-state index contributed by atoms with van der Waals surface area (Å²) in [5.74, 6) is -0.252. The predicted octanol–water partition coefficient (Wildman–Crippen LogP) is 3.50. The molecule has 0 bridgehead atoms. The van der Waals surface area contributed by atoms with Crippen LogP contribution in [0.15, 0.2) is 57.9 Å². The lowest BCUT2D eigenvalue weighted by Crippen LogP contribution is -2.45. The van der Waals surface area contributed by atoms with Crippen LogP contribution in [0.2, 0.25) is 0 Å². The molecule has 6 nitrogen and oxygen atoms in total. The number of rotatable bonds is 6. The number of amides is 1. The van der Waals surface area contributed by atoms with Crippen LogP contribution in [-0.4, -0.2) is 56.0 Å². The van der Waals surface area contributed by atoms with Gasteiger partial charge in [0.25, 0.3) is 0 Å². The Morgan fingerprint density at radius 3 is 2.17 bits per heavy atom. The Kier molecular flexibility index (Phi) is 7.10. The van der Waals surface area contributed by atoms with Crippen LogP contribution in [0.3, 0.4) is 0 Å². The van der Waals surface area contributed by atoms with E-state index in [9.17, 15) is 18.0 Å². The number of aryl methyl sites for hydroxylation is 1. The minimum atomic E-state index is -3.74.